The third kappa shape index (κ3) is 5.88. The summed E-state index contributed by atoms with van der Waals surface area (Å²) in [6.45, 7) is 5.27. The molecule has 12 heteroatoms. The second-order valence-electron chi connectivity index (χ2n) is 10.4. The number of hydrogen-bond acceptors (Lipinski definition) is 5. The lowest BCUT2D eigenvalue weighted by Gasteiger charge is -2.45. The molecule has 9 nitrogen and oxygen atoms in total. The predicted molar refractivity (Wildman–Crippen MR) is 139 cm³/mol. The van der Waals surface area contributed by atoms with E-state index in [1.54, 1.807) is 45.0 Å². The van der Waals surface area contributed by atoms with Gasteiger partial charge < -0.3 is 16.0 Å². The molecule has 1 aromatic rings. The predicted octanol–water partition coefficient (Wildman–Crippen LogP) is 2.22. The highest BCUT2D eigenvalue weighted by atomic mass is 35.5. The average Bonchev–Trinajstić information content (AvgIpc) is 3.55. The Morgan fingerprint density at radius 1 is 1.17 bits per heavy atom. The van der Waals surface area contributed by atoms with E-state index in [1.807, 2.05) is 0 Å². The number of hydrogen-bond donors (Lipinski definition) is 3. The van der Waals surface area contributed by atoms with Gasteiger partial charge in [-0.1, -0.05) is 29.8 Å². The van der Waals surface area contributed by atoms with E-state index in [-0.39, 0.29) is 37.4 Å². The maximum Gasteiger partial charge on any atom is 0.260 e. The van der Waals surface area contributed by atoms with Gasteiger partial charge in [0.15, 0.2) is 0 Å². The van der Waals surface area contributed by atoms with Gasteiger partial charge in [-0.2, -0.15) is 0 Å². The molecule has 3 rings (SSSR count). The van der Waals surface area contributed by atoms with E-state index in [1.165, 1.54) is 11.0 Å². The van der Waals surface area contributed by atoms with E-state index < -0.39 is 43.6 Å². The molecule has 198 valence electrons. The molecule has 1 atom stereocenters. The van der Waals surface area contributed by atoms with Crippen LogP contribution in [0.25, 0.3) is 0 Å². The molecule has 0 bridgehead atoms. The lowest BCUT2D eigenvalue weighted by atomic mass is 9.81. The Balaban J connectivity index is 1.89. The van der Waals surface area contributed by atoms with Crippen molar-refractivity contribution in [2.24, 2.45) is 5.73 Å². The number of nitrogens with two attached hydrogens (primary N) is 1. The Kier molecular flexibility index (Phi) is 8.15. The highest BCUT2D eigenvalue weighted by Crippen LogP contribution is 2.52. The molecule has 1 fully saturated rings. The molecule has 0 saturated heterocycles. The summed E-state index contributed by atoms with van der Waals surface area (Å²) >= 11 is 11.9. The lowest BCUT2D eigenvalue weighted by Crippen LogP contribution is -2.65. The Labute approximate surface area is 221 Å². The van der Waals surface area contributed by atoms with Crippen LogP contribution in [0.3, 0.4) is 0 Å². The first-order chi connectivity index (χ1) is 16.7. The zero-order valence-corrected chi connectivity index (χ0v) is 22.9. The van der Waals surface area contributed by atoms with E-state index in [0.717, 1.165) is 5.56 Å². The van der Waals surface area contributed by atoms with E-state index >= 15 is 0 Å². The quantitative estimate of drug-likeness (QED) is 0.298. The standard InChI is InChI=1S/C24H32Cl2N4O5S/c1-22(2,3)29-36(34,35)23(10-11-23)15-24(21(27)33)9-8-18(20(32)30(24)13-12-25)19(31)28-14-16-4-6-17(26)7-5-16/h4-8,29H,9-15H2,1-3H3,(H2,27,33)(H,28,31). The van der Waals surface area contributed by atoms with Gasteiger partial charge in [0.1, 0.15) is 11.1 Å². The summed E-state index contributed by atoms with van der Waals surface area (Å²) in [5.74, 6) is -2.20. The van der Waals surface area contributed by atoms with Crippen molar-refractivity contribution in [1.82, 2.24) is 14.9 Å². The van der Waals surface area contributed by atoms with Crippen LogP contribution in [0.1, 0.15) is 52.0 Å². The summed E-state index contributed by atoms with van der Waals surface area (Å²) in [5, 5.41) is 3.25. The smallest absolute Gasteiger partial charge is 0.260 e. The summed E-state index contributed by atoms with van der Waals surface area (Å²) in [7, 11) is -3.84. The topological polar surface area (TPSA) is 139 Å². The molecule has 0 spiro atoms. The number of nitrogens with one attached hydrogen (secondary N) is 2. The minimum absolute atomic E-state index is 0.0273. The summed E-state index contributed by atoms with van der Waals surface area (Å²) in [4.78, 5) is 40.4. The number of amides is 3. The highest BCUT2D eigenvalue weighted by Gasteiger charge is 2.62. The van der Waals surface area contributed by atoms with Crippen LogP contribution in [-0.4, -0.2) is 59.3 Å². The van der Waals surface area contributed by atoms with E-state index in [9.17, 15) is 22.8 Å². The molecule has 36 heavy (non-hydrogen) atoms. The van der Waals surface area contributed by atoms with Gasteiger partial charge >= 0.3 is 0 Å². The van der Waals surface area contributed by atoms with Gasteiger partial charge in [0.05, 0.1) is 4.75 Å². The fourth-order valence-electron chi connectivity index (χ4n) is 4.49. The van der Waals surface area contributed by atoms with Gasteiger partial charge in [0.25, 0.3) is 11.8 Å². The molecule has 4 N–H and O–H groups in total. The molecule has 1 aliphatic carbocycles. The number of nitrogens with zero attached hydrogens (tertiary/aromatic N) is 1. The minimum atomic E-state index is -3.84. The molecule has 1 aliphatic heterocycles. The number of carbonyl (C=O) groups is 3. The van der Waals surface area contributed by atoms with Crippen molar-refractivity contribution in [1.29, 1.82) is 0 Å². The van der Waals surface area contributed by atoms with Gasteiger partial charge in [0, 0.05) is 36.0 Å². The van der Waals surface area contributed by atoms with Gasteiger partial charge in [-0.05, 0) is 57.7 Å². The summed E-state index contributed by atoms with van der Waals surface area (Å²) in [6, 6.07) is 6.87. The van der Waals surface area contributed by atoms with Crippen LogP contribution >= 0.6 is 23.2 Å². The number of carbonyl (C=O) groups excluding carboxylic acids is 3. The second-order valence-corrected chi connectivity index (χ2v) is 13.3. The number of halogens is 2. The van der Waals surface area contributed by atoms with E-state index in [0.29, 0.717) is 17.9 Å². The van der Waals surface area contributed by atoms with Crippen LogP contribution in [0, 0.1) is 0 Å². The first-order valence-corrected chi connectivity index (χ1v) is 14.0. The number of rotatable bonds is 10. The Hall–Kier alpha value is -2.14. The van der Waals surface area contributed by atoms with Crippen molar-refractivity contribution in [3.63, 3.8) is 0 Å². The molecular weight excluding hydrogens is 527 g/mol. The van der Waals surface area contributed by atoms with Crippen LogP contribution in [0.4, 0.5) is 0 Å². The molecule has 2 aliphatic rings. The van der Waals surface area contributed by atoms with Crippen LogP contribution in [0.5, 0.6) is 0 Å². The van der Waals surface area contributed by atoms with Crippen molar-refractivity contribution in [2.75, 3.05) is 12.4 Å². The summed E-state index contributed by atoms with van der Waals surface area (Å²) in [6.07, 6.45) is 1.75. The fourth-order valence-corrected chi connectivity index (χ4v) is 6.88. The molecule has 0 radical (unpaired) electrons. The van der Waals surface area contributed by atoms with Crippen LogP contribution in [0.2, 0.25) is 5.02 Å². The average molecular weight is 560 g/mol. The molecule has 1 aromatic carbocycles. The zero-order chi connectivity index (χ0) is 26.9. The van der Waals surface area contributed by atoms with Crippen molar-refractivity contribution in [3.8, 4) is 0 Å². The number of benzene rings is 1. The minimum Gasteiger partial charge on any atom is -0.368 e. The largest absolute Gasteiger partial charge is 0.368 e. The Bertz CT molecular complexity index is 1170. The molecule has 1 heterocycles. The van der Waals surface area contributed by atoms with Gasteiger partial charge in [-0.3, -0.25) is 14.4 Å². The second kappa shape index (κ2) is 10.3. The van der Waals surface area contributed by atoms with Crippen molar-refractivity contribution < 1.29 is 22.8 Å². The van der Waals surface area contributed by atoms with Gasteiger partial charge in [0.2, 0.25) is 15.9 Å². The van der Waals surface area contributed by atoms with Crippen molar-refractivity contribution >= 4 is 50.9 Å². The molecule has 3 amide bonds. The lowest BCUT2D eigenvalue weighted by molar-refractivity contribution is -0.146. The molecular formula is C24H32Cl2N4O5S. The maximum absolute atomic E-state index is 13.5. The monoisotopic (exact) mass is 558 g/mol. The first kappa shape index (κ1) is 28.4. The highest BCUT2D eigenvalue weighted by molar-refractivity contribution is 7.91. The normalized spacial score (nSPS) is 21.6. The Morgan fingerprint density at radius 3 is 2.28 bits per heavy atom. The number of sulfonamides is 1. The van der Waals surface area contributed by atoms with Gasteiger partial charge in [-0.25, -0.2) is 13.1 Å². The first-order valence-electron chi connectivity index (χ1n) is 11.6. The Morgan fingerprint density at radius 2 is 1.78 bits per heavy atom. The van der Waals surface area contributed by atoms with Crippen LogP contribution < -0.4 is 15.8 Å². The van der Waals surface area contributed by atoms with Crippen molar-refractivity contribution in [2.45, 2.75) is 68.8 Å². The number of alkyl halides is 1. The zero-order valence-electron chi connectivity index (χ0n) is 20.6. The maximum atomic E-state index is 13.5. The van der Waals surface area contributed by atoms with Crippen LogP contribution in [0.15, 0.2) is 35.9 Å². The third-order valence-corrected chi connectivity index (χ3v) is 9.44. The fraction of sp³-hybridized carbons (Fsp3) is 0.542. The molecule has 0 aromatic heterocycles. The van der Waals surface area contributed by atoms with Crippen molar-refractivity contribution in [3.05, 3.63) is 46.5 Å². The molecule has 1 saturated carbocycles. The summed E-state index contributed by atoms with van der Waals surface area (Å²) < 4.78 is 27.9. The summed E-state index contributed by atoms with van der Waals surface area (Å²) in [5.41, 5.74) is 4.12. The third-order valence-electron chi connectivity index (χ3n) is 6.45. The molecule has 1 unspecified atom stereocenters. The SMILES string of the molecule is CC(C)(C)NS(=O)(=O)C1(CC2(C(N)=O)CC=C(C(=O)NCc3ccc(Cl)cc3)C(=O)N2CCCl)CC1. The number of primary amides is 1. The van der Waals surface area contributed by atoms with Gasteiger partial charge in [-0.15, -0.1) is 11.6 Å². The van der Waals surface area contributed by atoms with E-state index in [4.69, 9.17) is 28.9 Å². The van der Waals surface area contributed by atoms with E-state index in [2.05, 4.69) is 10.0 Å². The van der Waals surface area contributed by atoms with Crippen LogP contribution in [-0.2, 0) is 31.0 Å².